The van der Waals surface area contributed by atoms with Crippen LogP contribution < -0.4 is 10.2 Å². The number of piperidine rings is 1. The molecular formula is C27H29N5O5. The first-order valence-corrected chi connectivity index (χ1v) is 12.3. The van der Waals surface area contributed by atoms with Crippen molar-refractivity contribution in [2.24, 2.45) is 0 Å². The van der Waals surface area contributed by atoms with Gasteiger partial charge < -0.3 is 25.0 Å². The molecule has 0 bridgehead atoms. The second kappa shape index (κ2) is 10.4. The molecule has 2 aliphatic rings. The van der Waals surface area contributed by atoms with Gasteiger partial charge in [-0.1, -0.05) is 12.1 Å². The van der Waals surface area contributed by atoms with E-state index in [1.54, 1.807) is 24.1 Å². The molecule has 0 spiro atoms. The molecule has 2 aliphatic heterocycles. The summed E-state index contributed by atoms with van der Waals surface area (Å²) in [6.07, 6.45) is 5.71. The molecule has 3 aromatic rings. The average molecular weight is 504 g/mol. The number of aromatic carboxylic acids is 1. The molecule has 3 heterocycles. The third-order valence-corrected chi connectivity index (χ3v) is 7.17. The quantitative estimate of drug-likeness (QED) is 0.472. The fourth-order valence-corrected chi connectivity index (χ4v) is 5.22. The second-order valence-corrected chi connectivity index (χ2v) is 9.28. The summed E-state index contributed by atoms with van der Waals surface area (Å²) in [4.78, 5) is 42.2. The Labute approximate surface area is 214 Å². The number of nitrogens with one attached hydrogen (secondary N) is 2. The highest BCUT2D eigenvalue weighted by Crippen LogP contribution is 2.38. The summed E-state index contributed by atoms with van der Waals surface area (Å²) in [5, 5.41) is 18.6. The molecule has 1 fully saturated rings. The highest BCUT2D eigenvalue weighted by Gasteiger charge is 2.38. The zero-order chi connectivity index (χ0) is 25.9. The fourth-order valence-electron chi connectivity index (χ4n) is 5.22. The summed E-state index contributed by atoms with van der Waals surface area (Å²) in [6, 6.07) is 11.0. The monoisotopic (exact) mass is 503 g/mol. The average Bonchev–Trinajstić information content (AvgIpc) is 3.47. The van der Waals surface area contributed by atoms with Crippen LogP contribution in [-0.2, 0) is 16.0 Å². The molecule has 1 aromatic heterocycles. The van der Waals surface area contributed by atoms with Crippen molar-refractivity contribution in [2.75, 3.05) is 37.0 Å². The Morgan fingerprint density at radius 1 is 1.05 bits per heavy atom. The number of anilines is 2. The van der Waals surface area contributed by atoms with Crippen LogP contribution in [0, 0.1) is 0 Å². The molecular weight excluding hydrogens is 474 g/mol. The molecule has 0 saturated carbocycles. The van der Waals surface area contributed by atoms with E-state index >= 15 is 0 Å². The van der Waals surface area contributed by atoms with Crippen LogP contribution in [0.3, 0.4) is 0 Å². The summed E-state index contributed by atoms with van der Waals surface area (Å²) in [5.74, 6) is -1.69. The van der Waals surface area contributed by atoms with Gasteiger partial charge in [-0.3, -0.25) is 14.7 Å². The molecule has 192 valence electrons. The van der Waals surface area contributed by atoms with Gasteiger partial charge in [0.1, 0.15) is 6.04 Å². The third-order valence-electron chi connectivity index (χ3n) is 7.17. The van der Waals surface area contributed by atoms with Gasteiger partial charge in [0.15, 0.2) is 0 Å². The number of amides is 2. The van der Waals surface area contributed by atoms with E-state index in [4.69, 9.17) is 9.84 Å². The lowest BCUT2D eigenvalue weighted by molar-refractivity contribution is -0.121. The predicted octanol–water partition coefficient (Wildman–Crippen LogP) is 3.10. The number of ether oxygens (including phenoxy) is 1. The molecule has 3 N–H and O–H groups in total. The predicted molar refractivity (Wildman–Crippen MR) is 137 cm³/mol. The number of carboxylic acid groups (broad SMARTS) is 1. The van der Waals surface area contributed by atoms with Gasteiger partial charge in [-0.2, -0.15) is 5.10 Å². The van der Waals surface area contributed by atoms with Crippen molar-refractivity contribution in [1.29, 1.82) is 0 Å². The van der Waals surface area contributed by atoms with E-state index in [2.05, 4.69) is 26.5 Å². The van der Waals surface area contributed by atoms with Crippen LogP contribution in [0.25, 0.3) is 0 Å². The Hall–Kier alpha value is -4.18. The molecule has 0 aliphatic carbocycles. The van der Waals surface area contributed by atoms with Gasteiger partial charge in [-0.25, -0.2) is 4.79 Å². The van der Waals surface area contributed by atoms with E-state index in [1.165, 1.54) is 24.5 Å². The number of H-pyrrole nitrogens is 1. The number of carbonyl (C=O) groups excluding carboxylic acids is 2. The molecule has 1 saturated heterocycles. The minimum atomic E-state index is -1.04. The molecule has 10 nitrogen and oxygen atoms in total. The Morgan fingerprint density at radius 2 is 1.81 bits per heavy atom. The van der Waals surface area contributed by atoms with Crippen molar-refractivity contribution in [1.82, 2.24) is 15.1 Å². The second-order valence-electron chi connectivity index (χ2n) is 9.28. The van der Waals surface area contributed by atoms with E-state index in [0.29, 0.717) is 24.2 Å². The molecule has 1 unspecified atom stereocenters. The summed E-state index contributed by atoms with van der Waals surface area (Å²) >= 11 is 0. The maximum Gasteiger partial charge on any atom is 0.335 e. The van der Waals surface area contributed by atoms with Gasteiger partial charge in [-0.05, 0) is 60.7 Å². The number of aromatic nitrogens is 2. The van der Waals surface area contributed by atoms with Gasteiger partial charge in [-0.15, -0.1) is 0 Å². The number of fused-ring (bicyclic) bond motifs is 1. The van der Waals surface area contributed by atoms with Gasteiger partial charge in [0.25, 0.3) is 11.8 Å². The van der Waals surface area contributed by atoms with E-state index < -0.39 is 12.0 Å². The number of carbonyl (C=O) groups is 3. The largest absolute Gasteiger partial charge is 0.478 e. The molecule has 10 heteroatoms. The molecule has 0 radical (unpaired) electrons. The van der Waals surface area contributed by atoms with Crippen LogP contribution in [0.4, 0.5) is 11.4 Å². The van der Waals surface area contributed by atoms with Gasteiger partial charge in [0.05, 0.1) is 23.4 Å². The number of benzene rings is 2. The molecule has 1 atom stereocenters. The van der Waals surface area contributed by atoms with Crippen molar-refractivity contribution < 1.29 is 24.2 Å². The first-order chi connectivity index (χ1) is 18.0. The number of carboxylic acids is 1. The lowest BCUT2D eigenvalue weighted by atomic mass is 9.89. The zero-order valence-electron chi connectivity index (χ0n) is 20.5. The number of nitrogens with zero attached hydrogens (tertiary/aromatic N) is 3. The van der Waals surface area contributed by atoms with Crippen LogP contribution >= 0.6 is 0 Å². The first-order valence-electron chi connectivity index (χ1n) is 12.3. The van der Waals surface area contributed by atoms with Gasteiger partial charge in [0.2, 0.25) is 0 Å². The molecule has 2 amide bonds. The fraction of sp³-hybridized carbons (Fsp3) is 0.333. The lowest BCUT2D eigenvalue weighted by Gasteiger charge is -2.40. The molecule has 5 rings (SSSR count). The smallest absolute Gasteiger partial charge is 0.335 e. The number of rotatable bonds is 6. The number of methoxy groups -OCH3 is 1. The molecule has 37 heavy (non-hydrogen) atoms. The van der Waals surface area contributed by atoms with Crippen LogP contribution in [0.5, 0.6) is 0 Å². The minimum Gasteiger partial charge on any atom is -0.478 e. The summed E-state index contributed by atoms with van der Waals surface area (Å²) in [6.45, 7) is 2.09. The Bertz CT molecular complexity index is 1280. The summed E-state index contributed by atoms with van der Waals surface area (Å²) in [5.41, 5.74) is 3.90. The van der Waals surface area contributed by atoms with Crippen LogP contribution in [0.15, 0.2) is 54.9 Å². The molecule has 2 aromatic carbocycles. The summed E-state index contributed by atoms with van der Waals surface area (Å²) < 4.78 is 5.53. The number of hydrogen-bond acceptors (Lipinski definition) is 6. The van der Waals surface area contributed by atoms with Crippen LogP contribution in [-0.4, -0.2) is 70.8 Å². The van der Waals surface area contributed by atoms with E-state index in [-0.39, 0.29) is 23.5 Å². The van der Waals surface area contributed by atoms with Crippen molar-refractivity contribution >= 4 is 29.2 Å². The topological polar surface area (TPSA) is 128 Å². The van der Waals surface area contributed by atoms with E-state index in [1.807, 2.05) is 12.1 Å². The third kappa shape index (κ3) is 4.92. The summed E-state index contributed by atoms with van der Waals surface area (Å²) in [7, 11) is 1.74. The van der Waals surface area contributed by atoms with Crippen molar-refractivity contribution in [3.63, 3.8) is 0 Å². The highest BCUT2D eigenvalue weighted by atomic mass is 16.5. The Kier molecular flexibility index (Phi) is 6.91. The number of hydrogen-bond donors (Lipinski definition) is 3. The first kappa shape index (κ1) is 24.5. The van der Waals surface area contributed by atoms with Crippen molar-refractivity contribution in [3.05, 3.63) is 77.1 Å². The normalized spacial score (nSPS) is 17.8. The van der Waals surface area contributed by atoms with Crippen LogP contribution in [0.2, 0.25) is 0 Å². The van der Waals surface area contributed by atoms with E-state index in [9.17, 15) is 14.4 Å². The standard InChI is InChI=1S/C27H29N5O5/c1-37-20-9-12-31(13-10-20)23-4-2-3-22-21(23)11-14-32(26(34)18-15-28-29-16-18)24(22)25(33)30-19-7-5-17(6-8-19)27(35)36/h2-8,15-16,20,24H,9-14H2,1H3,(H,28,29)(H,30,33)(H,35,36). The maximum absolute atomic E-state index is 13.7. The maximum atomic E-state index is 13.7. The lowest BCUT2D eigenvalue weighted by Crippen LogP contribution is -2.46. The minimum absolute atomic E-state index is 0.125. The Morgan fingerprint density at radius 3 is 2.46 bits per heavy atom. The van der Waals surface area contributed by atoms with Gasteiger partial charge >= 0.3 is 5.97 Å². The van der Waals surface area contributed by atoms with E-state index in [0.717, 1.165) is 42.7 Å². The van der Waals surface area contributed by atoms with Crippen molar-refractivity contribution in [2.45, 2.75) is 31.4 Å². The highest BCUT2D eigenvalue weighted by molar-refractivity contribution is 6.02. The van der Waals surface area contributed by atoms with Gasteiger partial charge in [0, 0.05) is 44.3 Å². The van der Waals surface area contributed by atoms with Crippen molar-refractivity contribution in [3.8, 4) is 0 Å². The zero-order valence-corrected chi connectivity index (χ0v) is 20.5. The van der Waals surface area contributed by atoms with Crippen LogP contribution in [0.1, 0.15) is 50.7 Å². The Balaban J connectivity index is 1.48. The number of aromatic amines is 1. The SMILES string of the molecule is COC1CCN(c2cccc3c2CCN(C(=O)c2cn[nH]c2)C3C(=O)Nc2ccc(C(=O)O)cc2)CC1.